The number of aliphatic hydroxyl groups is 1. The fourth-order valence-electron chi connectivity index (χ4n) is 1.44. The lowest BCUT2D eigenvalue weighted by Gasteiger charge is -2.07. The molecule has 0 aliphatic heterocycles. The molecule has 4 heteroatoms. The van der Waals surface area contributed by atoms with Gasteiger partial charge < -0.3 is 10.2 Å². The lowest BCUT2D eigenvalue weighted by Crippen LogP contribution is -1.88. The Labute approximate surface area is 90.2 Å². The van der Waals surface area contributed by atoms with E-state index in [9.17, 15) is 5.11 Å². The molecule has 14 heavy (non-hydrogen) atoms. The van der Waals surface area contributed by atoms with Gasteiger partial charge in [0, 0.05) is 10.5 Å². The Kier molecular flexibility index (Phi) is 2.67. The van der Waals surface area contributed by atoms with Crippen LogP contribution in [0.4, 0.5) is 0 Å². The van der Waals surface area contributed by atoms with Crippen molar-refractivity contribution in [2.45, 2.75) is 11.5 Å². The van der Waals surface area contributed by atoms with Gasteiger partial charge in [0.25, 0.3) is 0 Å². The summed E-state index contributed by atoms with van der Waals surface area (Å²) in [6.07, 6.45) is 1.94. The molecule has 2 nitrogen and oxygen atoms in total. The van der Waals surface area contributed by atoms with Gasteiger partial charge in [0.2, 0.25) is 0 Å². The van der Waals surface area contributed by atoms with Crippen LogP contribution >= 0.6 is 23.1 Å². The molecule has 2 rings (SSSR count). The van der Waals surface area contributed by atoms with E-state index in [0.29, 0.717) is 5.56 Å². The quantitative estimate of drug-likeness (QED) is 0.774. The monoisotopic (exact) mass is 226 g/mol. The molecule has 0 saturated heterocycles. The Bertz CT molecular complexity index is 462. The Morgan fingerprint density at radius 3 is 2.93 bits per heavy atom. The first-order valence-corrected chi connectivity index (χ1v) is 6.25. The molecule has 74 valence electrons. The van der Waals surface area contributed by atoms with Crippen LogP contribution in [0, 0.1) is 0 Å². The normalized spacial score (nSPS) is 11.0. The van der Waals surface area contributed by atoms with E-state index in [0.717, 1.165) is 15.0 Å². The number of thioether (sulfide) groups is 1. The number of hydrogen-bond donors (Lipinski definition) is 2. The van der Waals surface area contributed by atoms with Gasteiger partial charge in [-0.25, -0.2) is 0 Å². The molecule has 0 saturated carbocycles. The Hall–Kier alpha value is -0.710. The Morgan fingerprint density at radius 2 is 2.29 bits per heavy atom. The summed E-state index contributed by atoms with van der Waals surface area (Å²) in [5, 5.41) is 22.0. The summed E-state index contributed by atoms with van der Waals surface area (Å²) in [5.41, 5.74) is 0.632. The highest BCUT2D eigenvalue weighted by atomic mass is 32.2. The van der Waals surface area contributed by atoms with E-state index in [1.54, 1.807) is 0 Å². The van der Waals surface area contributed by atoms with Gasteiger partial charge in [-0.1, -0.05) is 0 Å². The van der Waals surface area contributed by atoms with Gasteiger partial charge in [-0.3, -0.25) is 0 Å². The molecule has 0 amide bonds. The maximum Gasteiger partial charge on any atom is 0.139 e. The largest absolute Gasteiger partial charge is 0.506 e. The summed E-state index contributed by atoms with van der Waals surface area (Å²) in [4.78, 5) is 0.941. The van der Waals surface area contributed by atoms with E-state index in [1.165, 1.54) is 23.1 Å². The van der Waals surface area contributed by atoms with Gasteiger partial charge in [-0.05, 0) is 29.2 Å². The van der Waals surface area contributed by atoms with E-state index in [2.05, 4.69) is 0 Å². The van der Waals surface area contributed by atoms with Crippen molar-refractivity contribution in [2.24, 2.45) is 0 Å². The lowest BCUT2D eigenvalue weighted by molar-refractivity contribution is 0.273. The van der Waals surface area contributed by atoms with Crippen molar-refractivity contribution in [1.82, 2.24) is 0 Å². The van der Waals surface area contributed by atoms with Crippen LogP contribution in [-0.4, -0.2) is 16.5 Å². The zero-order valence-corrected chi connectivity index (χ0v) is 9.28. The van der Waals surface area contributed by atoms with E-state index < -0.39 is 0 Å². The van der Waals surface area contributed by atoms with Gasteiger partial charge in [-0.15, -0.1) is 23.1 Å². The molecule has 0 spiro atoms. The van der Waals surface area contributed by atoms with Crippen molar-refractivity contribution >= 4 is 33.2 Å². The molecule has 0 radical (unpaired) electrons. The number of thiophene rings is 1. The minimum absolute atomic E-state index is 0.115. The first kappa shape index (κ1) is 9.83. The number of aromatic hydroxyl groups is 1. The Balaban J connectivity index is 2.79. The molecule has 0 bridgehead atoms. The number of hydrogen-bond acceptors (Lipinski definition) is 4. The van der Waals surface area contributed by atoms with Crippen LogP contribution in [-0.2, 0) is 6.61 Å². The number of aliphatic hydroxyl groups excluding tert-OH is 1. The van der Waals surface area contributed by atoms with Gasteiger partial charge in [0.05, 0.1) is 11.3 Å². The summed E-state index contributed by atoms with van der Waals surface area (Å²) in [6.45, 7) is -0.115. The third kappa shape index (κ3) is 1.39. The van der Waals surface area contributed by atoms with Gasteiger partial charge in [-0.2, -0.15) is 0 Å². The minimum Gasteiger partial charge on any atom is -0.506 e. The second kappa shape index (κ2) is 3.81. The van der Waals surface area contributed by atoms with Crippen molar-refractivity contribution in [3.05, 3.63) is 23.1 Å². The standard InChI is InChI=1S/C10H10O2S2/c1-13-8-4-6-2-3-14-10(6)9(12)7(8)5-11/h2-4,11-12H,5H2,1H3. The first-order valence-electron chi connectivity index (χ1n) is 4.14. The topological polar surface area (TPSA) is 40.5 Å². The predicted molar refractivity (Wildman–Crippen MR) is 61.2 cm³/mol. The third-order valence-corrected chi connectivity index (χ3v) is 3.90. The summed E-state index contributed by atoms with van der Waals surface area (Å²) in [6, 6.07) is 3.97. The molecule has 0 atom stereocenters. The van der Waals surface area contributed by atoms with Crippen molar-refractivity contribution in [3.63, 3.8) is 0 Å². The third-order valence-electron chi connectivity index (χ3n) is 2.16. The molecule has 2 N–H and O–H groups in total. The predicted octanol–water partition coefficient (Wildman–Crippen LogP) is 2.82. The van der Waals surface area contributed by atoms with E-state index in [1.807, 2.05) is 23.8 Å². The van der Waals surface area contributed by atoms with Crippen LogP contribution in [0.3, 0.4) is 0 Å². The molecular formula is C10H10O2S2. The smallest absolute Gasteiger partial charge is 0.139 e. The highest BCUT2D eigenvalue weighted by Gasteiger charge is 2.11. The summed E-state index contributed by atoms with van der Waals surface area (Å²) in [5.74, 6) is 0.226. The van der Waals surface area contributed by atoms with E-state index in [4.69, 9.17) is 5.11 Å². The van der Waals surface area contributed by atoms with Crippen molar-refractivity contribution < 1.29 is 10.2 Å². The molecule has 0 aliphatic carbocycles. The summed E-state index contributed by atoms with van der Waals surface area (Å²) in [7, 11) is 0. The van der Waals surface area contributed by atoms with Crippen LogP contribution in [0.15, 0.2) is 22.4 Å². The SMILES string of the molecule is CSc1cc2ccsc2c(O)c1CO. The zero-order valence-electron chi connectivity index (χ0n) is 7.65. The van der Waals surface area contributed by atoms with Crippen molar-refractivity contribution in [1.29, 1.82) is 0 Å². The van der Waals surface area contributed by atoms with Crippen molar-refractivity contribution in [3.8, 4) is 5.75 Å². The van der Waals surface area contributed by atoms with E-state index in [-0.39, 0.29) is 12.4 Å². The zero-order chi connectivity index (χ0) is 10.1. The van der Waals surface area contributed by atoms with Crippen molar-refractivity contribution in [2.75, 3.05) is 6.26 Å². The molecule has 1 heterocycles. The first-order chi connectivity index (χ1) is 6.77. The number of rotatable bonds is 2. The molecular weight excluding hydrogens is 216 g/mol. The molecule has 2 aromatic rings. The second-order valence-electron chi connectivity index (χ2n) is 2.90. The fraction of sp³-hybridized carbons (Fsp3) is 0.200. The maximum atomic E-state index is 9.89. The summed E-state index contributed by atoms with van der Waals surface area (Å²) < 4.78 is 0.854. The van der Waals surface area contributed by atoms with E-state index >= 15 is 0 Å². The highest BCUT2D eigenvalue weighted by molar-refractivity contribution is 7.98. The molecule has 0 fully saturated rings. The molecule has 1 aromatic heterocycles. The van der Waals surface area contributed by atoms with Crippen LogP contribution in [0.1, 0.15) is 5.56 Å². The van der Waals surface area contributed by atoms with Gasteiger partial charge >= 0.3 is 0 Å². The van der Waals surface area contributed by atoms with Gasteiger partial charge in [0.1, 0.15) is 5.75 Å². The average molecular weight is 226 g/mol. The number of fused-ring (bicyclic) bond motifs is 1. The molecule has 0 aliphatic rings. The fourth-order valence-corrected chi connectivity index (χ4v) is 2.94. The average Bonchev–Trinajstić information content (AvgIpc) is 2.65. The molecule has 1 aromatic carbocycles. The van der Waals surface area contributed by atoms with Crippen LogP contribution in [0.5, 0.6) is 5.75 Å². The number of benzene rings is 1. The Morgan fingerprint density at radius 1 is 1.50 bits per heavy atom. The second-order valence-corrected chi connectivity index (χ2v) is 4.67. The minimum atomic E-state index is -0.115. The molecule has 0 unspecified atom stereocenters. The van der Waals surface area contributed by atoms with Crippen LogP contribution < -0.4 is 0 Å². The number of phenols is 1. The lowest BCUT2D eigenvalue weighted by atomic mass is 10.1. The maximum absolute atomic E-state index is 9.89. The van der Waals surface area contributed by atoms with Gasteiger partial charge in [0.15, 0.2) is 0 Å². The highest BCUT2D eigenvalue weighted by Crippen LogP contribution is 2.38. The van der Waals surface area contributed by atoms with Crippen LogP contribution in [0.2, 0.25) is 0 Å². The summed E-state index contributed by atoms with van der Waals surface area (Å²) >= 11 is 3.03. The van der Waals surface area contributed by atoms with Crippen LogP contribution in [0.25, 0.3) is 10.1 Å².